The van der Waals surface area contributed by atoms with Gasteiger partial charge in [-0.15, -0.1) is 0 Å². The van der Waals surface area contributed by atoms with Crippen molar-refractivity contribution >= 4 is 29.4 Å². The Morgan fingerprint density at radius 1 is 1.32 bits per heavy atom. The van der Waals surface area contributed by atoms with E-state index in [1.165, 1.54) is 17.0 Å². The highest BCUT2D eigenvalue weighted by Gasteiger charge is 2.53. The summed E-state index contributed by atoms with van der Waals surface area (Å²) in [4.78, 5) is 37.9. The monoisotopic (exact) mass is 412 g/mol. The highest BCUT2D eigenvalue weighted by atomic mass is 35.5. The van der Waals surface area contributed by atoms with Gasteiger partial charge >= 0.3 is 5.97 Å². The first-order valence-corrected chi connectivity index (χ1v) is 9.58. The summed E-state index contributed by atoms with van der Waals surface area (Å²) in [5.74, 6) is -3.53. The number of rotatable bonds is 5. The summed E-state index contributed by atoms with van der Waals surface area (Å²) in [7, 11) is 0. The number of carbonyl (C=O) groups excluding carboxylic acids is 2. The molecule has 3 unspecified atom stereocenters. The maximum Gasteiger partial charge on any atom is 0.306 e. The molecule has 0 radical (unpaired) electrons. The minimum Gasteiger partial charge on any atom is -0.481 e. The van der Waals surface area contributed by atoms with Crippen LogP contribution in [0.5, 0.6) is 0 Å². The van der Waals surface area contributed by atoms with Gasteiger partial charge in [0, 0.05) is 30.6 Å². The number of nitrogens with one attached hydrogen (secondary N) is 1. The SMILES string of the molecule is O=C(O)C1CCCC(N2CCC(O)(C(=O)NCc3cc(F)cc(Cl)c3)C2=O)C1. The van der Waals surface area contributed by atoms with Gasteiger partial charge in [0.05, 0.1) is 5.92 Å². The van der Waals surface area contributed by atoms with Crippen LogP contribution in [0.4, 0.5) is 4.39 Å². The standard InChI is InChI=1S/C19H22ClFN2O5/c20-13-6-11(7-14(21)9-13)10-22-17(26)19(28)4-5-23(18(19)27)15-3-1-2-12(8-15)16(24)25/h6-7,9,12,15,28H,1-5,8,10H2,(H,22,26)(H,24,25). The highest BCUT2D eigenvalue weighted by Crippen LogP contribution is 2.33. The lowest BCUT2D eigenvalue weighted by Crippen LogP contribution is -2.54. The second-order valence-corrected chi connectivity index (χ2v) is 7.86. The van der Waals surface area contributed by atoms with Gasteiger partial charge in [0.2, 0.25) is 5.60 Å². The van der Waals surface area contributed by atoms with Crippen LogP contribution in [0.2, 0.25) is 5.02 Å². The van der Waals surface area contributed by atoms with E-state index in [9.17, 15) is 29.0 Å². The van der Waals surface area contributed by atoms with Crippen LogP contribution in [0.3, 0.4) is 0 Å². The number of halogens is 2. The van der Waals surface area contributed by atoms with Crippen LogP contribution >= 0.6 is 11.6 Å². The third kappa shape index (κ3) is 4.12. The second-order valence-electron chi connectivity index (χ2n) is 7.42. The van der Waals surface area contributed by atoms with E-state index >= 15 is 0 Å². The van der Waals surface area contributed by atoms with Gasteiger partial charge in [0.25, 0.3) is 11.8 Å². The molecule has 2 aliphatic rings. The van der Waals surface area contributed by atoms with Gasteiger partial charge in [0.1, 0.15) is 5.82 Å². The minimum atomic E-state index is -2.20. The van der Waals surface area contributed by atoms with Crippen molar-refractivity contribution in [3.05, 3.63) is 34.6 Å². The molecule has 3 rings (SSSR count). The molecule has 1 aliphatic carbocycles. The number of carbonyl (C=O) groups is 3. The van der Waals surface area contributed by atoms with Gasteiger partial charge in [-0.1, -0.05) is 18.0 Å². The van der Waals surface area contributed by atoms with Crippen molar-refractivity contribution in [3.63, 3.8) is 0 Å². The van der Waals surface area contributed by atoms with Gasteiger partial charge in [0.15, 0.2) is 0 Å². The Labute approximate surface area is 166 Å². The number of benzene rings is 1. The molecule has 28 heavy (non-hydrogen) atoms. The molecule has 1 saturated carbocycles. The van der Waals surface area contributed by atoms with Gasteiger partial charge < -0.3 is 20.4 Å². The van der Waals surface area contributed by atoms with Crippen molar-refractivity contribution in [2.24, 2.45) is 5.92 Å². The molecule has 3 N–H and O–H groups in total. The van der Waals surface area contributed by atoms with Gasteiger partial charge in [-0.25, -0.2) is 4.39 Å². The second kappa shape index (κ2) is 8.05. The zero-order chi connectivity index (χ0) is 20.5. The molecular formula is C19H22ClFN2O5. The van der Waals surface area contributed by atoms with E-state index in [0.29, 0.717) is 31.2 Å². The number of aliphatic carboxylic acids is 1. The third-order valence-corrected chi connectivity index (χ3v) is 5.73. The number of nitrogens with zero attached hydrogens (tertiary/aromatic N) is 1. The fourth-order valence-corrected chi connectivity index (χ4v) is 4.24. The molecule has 1 aromatic rings. The Kier molecular flexibility index (Phi) is 5.90. The third-order valence-electron chi connectivity index (χ3n) is 5.52. The van der Waals surface area contributed by atoms with Crippen molar-refractivity contribution in [3.8, 4) is 0 Å². The summed E-state index contributed by atoms with van der Waals surface area (Å²) >= 11 is 5.78. The highest BCUT2D eigenvalue weighted by molar-refractivity contribution is 6.30. The molecular weight excluding hydrogens is 391 g/mol. The first-order valence-electron chi connectivity index (χ1n) is 9.20. The van der Waals surface area contributed by atoms with Crippen LogP contribution in [-0.2, 0) is 20.9 Å². The number of likely N-dealkylation sites (tertiary alicyclic amines) is 1. The maximum absolute atomic E-state index is 13.4. The molecule has 152 valence electrons. The molecule has 0 spiro atoms. The van der Waals surface area contributed by atoms with Crippen molar-refractivity contribution < 1.29 is 29.0 Å². The topological polar surface area (TPSA) is 107 Å². The van der Waals surface area contributed by atoms with Crippen LogP contribution in [0.1, 0.15) is 37.7 Å². The minimum absolute atomic E-state index is 0.0736. The molecule has 9 heteroatoms. The van der Waals surface area contributed by atoms with E-state index in [-0.39, 0.29) is 30.6 Å². The largest absolute Gasteiger partial charge is 0.481 e. The van der Waals surface area contributed by atoms with Crippen molar-refractivity contribution in [1.82, 2.24) is 10.2 Å². The van der Waals surface area contributed by atoms with Crippen molar-refractivity contribution in [1.29, 1.82) is 0 Å². The number of carboxylic acid groups (broad SMARTS) is 1. The normalized spacial score (nSPS) is 27.7. The lowest BCUT2D eigenvalue weighted by molar-refractivity contribution is -0.157. The van der Waals surface area contributed by atoms with Crippen molar-refractivity contribution in [2.75, 3.05) is 6.54 Å². The average Bonchev–Trinajstić information content (AvgIpc) is 2.95. The Morgan fingerprint density at radius 2 is 2.07 bits per heavy atom. The number of amides is 2. The first-order chi connectivity index (χ1) is 13.2. The van der Waals surface area contributed by atoms with Crippen LogP contribution in [0, 0.1) is 11.7 Å². The van der Waals surface area contributed by atoms with E-state index in [1.54, 1.807) is 0 Å². The predicted molar refractivity (Wildman–Crippen MR) is 97.9 cm³/mol. The molecule has 7 nitrogen and oxygen atoms in total. The number of aliphatic hydroxyl groups is 1. The van der Waals surface area contributed by atoms with Gasteiger partial charge in [-0.3, -0.25) is 14.4 Å². The Bertz CT molecular complexity index is 784. The lowest BCUT2D eigenvalue weighted by atomic mass is 9.85. The predicted octanol–water partition coefficient (Wildman–Crippen LogP) is 1.70. The molecule has 3 atom stereocenters. The zero-order valence-corrected chi connectivity index (χ0v) is 15.9. The summed E-state index contributed by atoms with van der Waals surface area (Å²) in [6.07, 6.45) is 2.14. The summed E-state index contributed by atoms with van der Waals surface area (Å²) < 4.78 is 13.4. The van der Waals surface area contributed by atoms with E-state index in [2.05, 4.69) is 5.32 Å². The Hall–Kier alpha value is -2.19. The Morgan fingerprint density at radius 3 is 2.75 bits per heavy atom. The molecule has 2 fully saturated rings. The summed E-state index contributed by atoms with van der Waals surface area (Å²) in [6, 6.07) is 3.51. The van der Waals surface area contributed by atoms with Gasteiger partial charge in [-0.2, -0.15) is 0 Å². The maximum atomic E-state index is 13.4. The molecule has 0 bridgehead atoms. The summed E-state index contributed by atoms with van der Waals surface area (Å²) in [6.45, 7) is 0.0992. The van der Waals surface area contributed by atoms with Crippen LogP contribution in [0.15, 0.2) is 18.2 Å². The average molecular weight is 413 g/mol. The molecule has 2 amide bonds. The molecule has 1 saturated heterocycles. The van der Waals surface area contributed by atoms with E-state index in [4.69, 9.17) is 11.6 Å². The van der Waals surface area contributed by atoms with Gasteiger partial charge in [-0.05, 0) is 43.0 Å². The Balaban J connectivity index is 1.64. The van der Waals surface area contributed by atoms with E-state index in [1.807, 2.05) is 0 Å². The lowest BCUT2D eigenvalue weighted by Gasteiger charge is -2.34. The molecule has 0 aromatic heterocycles. The summed E-state index contributed by atoms with van der Waals surface area (Å²) in [5, 5.41) is 22.5. The number of hydrogen-bond acceptors (Lipinski definition) is 4. The number of carboxylic acids is 1. The van der Waals surface area contributed by atoms with Crippen LogP contribution in [0.25, 0.3) is 0 Å². The molecule has 1 heterocycles. The fourth-order valence-electron chi connectivity index (χ4n) is 4.00. The summed E-state index contributed by atoms with van der Waals surface area (Å²) in [5.41, 5.74) is -1.80. The van der Waals surface area contributed by atoms with E-state index < -0.39 is 35.1 Å². The quantitative estimate of drug-likeness (QED) is 0.638. The smallest absolute Gasteiger partial charge is 0.306 e. The van der Waals surface area contributed by atoms with Crippen molar-refractivity contribution in [2.45, 2.75) is 50.3 Å². The van der Waals surface area contributed by atoms with Crippen LogP contribution in [-0.4, -0.2) is 51.1 Å². The fraction of sp³-hybridized carbons (Fsp3) is 0.526. The zero-order valence-electron chi connectivity index (χ0n) is 15.2. The molecule has 1 aromatic carbocycles. The van der Waals surface area contributed by atoms with E-state index in [0.717, 1.165) is 6.07 Å². The number of hydrogen-bond donors (Lipinski definition) is 3. The first kappa shape index (κ1) is 20.5. The van der Waals surface area contributed by atoms with Crippen LogP contribution < -0.4 is 5.32 Å². The molecule has 1 aliphatic heterocycles.